The zero-order valence-corrected chi connectivity index (χ0v) is 10.5. The molecule has 0 saturated carbocycles. The molecule has 0 fully saturated rings. The molecule has 0 radical (unpaired) electrons. The summed E-state index contributed by atoms with van der Waals surface area (Å²) in [7, 11) is -0.926. The minimum atomic E-state index is -3.39. The zero-order valence-electron chi connectivity index (χ0n) is 7.31. The first-order chi connectivity index (χ1) is 6.18. The van der Waals surface area contributed by atoms with Gasteiger partial charge in [0.2, 0.25) is 9.05 Å². The van der Waals surface area contributed by atoms with Crippen LogP contribution in [-0.2, 0) is 23.4 Å². The minimum absolute atomic E-state index is 0.0613. The summed E-state index contributed by atoms with van der Waals surface area (Å²) in [5.41, 5.74) is 0. The van der Waals surface area contributed by atoms with Crippen LogP contribution in [0.25, 0.3) is 0 Å². The molecular weight excluding hydrogens is 275 g/mol. The summed E-state index contributed by atoms with van der Waals surface area (Å²) in [4.78, 5) is 0. The van der Waals surface area contributed by atoms with Crippen molar-refractivity contribution in [3.05, 3.63) is 12.0 Å². The van der Waals surface area contributed by atoms with Crippen LogP contribution in [0, 0.1) is 0 Å². The molecule has 9 heteroatoms. The monoisotopic (exact) mass is 284 g/mol. The Bertz CT molecular complexity index is 344. The highest BCUT2D eigenvalue weighted by Gasteiger charge is 2.00. The van der Waals surface area contributed by atoms with Crippen LogP contribution in [0.1, 0.15) is 0 Å². The van der Waals surface area contributed by atoms with E-state index in [1.807, 2.05) is 0 Å². The lowest BCUT2D eigenvalue weighted by molar-refractivity contribution is 0.406. The molecule has 0 aliphatic rings. The standard InChI is InChI=1S/C3H6O3S.C2H4Cl2O2S/c1-3-7(4,5)6-2;3-1-2-7(4,5)6/h3H,1H2,2H3;1-2H2. The molecule has 0 aromatic rings. The molecule has 14 heavy (non-hydrogen) atoms. The Kier molecular flexibility index (Phi) is 8.86. The van der Waals surface area contributed by atoms with Crippen LogP contribution < -0.4 is 0 Å². The molecule has 0 saturated heterocycles. The lowest BCUT2D eigenvalue weighted by Gasteiger charge is -1.86. The average molecular weight is 285 g/mol. The van der Waals surface area contributed by atoms with Gasteiger partial charge >= 0.3 is 0 Å². The lowest BCUT2D eigenvalue weighted by Crippen LogP contribution is -1.96. The maximum absolute atomic E-state index is 10.0. The highest BCUT2D eigenvalue weighted by Crippen LogP contribution is 1.95. The van der Waals surface area contributed by atoms with Crippen molar-refractivity contribution in [3.63, 3.8) is 0 Å². The molecule has 0 aromatic carbocycles. The molecular formula is C5H10Cl2O5S2. The van der Waals surface area contributed by atoms with Gasteiger partial charge < -0.3 is 0 Å². The van der Waals surface area contributed by atoms with E-state index in [2.05, 4.69) is 10.8 Å². The molecule has 0 spiro atoms. The van der Waals surface area contributed by atoms with Gasteiger partial charge in [-0.05, 0) is 0 Å². The number of rotatable bonds is 4. The van der Waals surface area contributed by atoms with Crippen LogP contribution in [0.3, 0.4) is 0 Å². The third-order valence-electron chi connectivity index (χ3n) is 0.757. The van der Waals surface area contributed by atoms with E-state index in [-0.39, 0.29) is 11.6 Å². The van der Waals surface area contributed by atoms with Gasteiger partial charge in [-0.25, -0.2) is 8.42 Å². The summed E-state index contributed by atoms with van der Waals surface area (Å²) in [5, 5.41) is 0.743. The number of hydrogen-bond acceptors (Lipinski definition) is 5. The summed E-state index contributed by atoms with van der Waals surface area (Å²) in [6.45, 7) is 2.99. The molecule has 86 valence electrons. The van der Waals surface area contributed by atoms with Crippen LogP contribution in [0.15, 0.2) is 12.0 Å². The first-order valence-corrected chi connectivity index (χ1v) is 7.58. The van der Waals surface area contributed by atoms with Crippen molar-refractivity contribution in [1.29, 1.82) is 0 Å². The van der Waals surface area contributed by atoms with Crippen LogP contribution in [-0.4, -0.2) is 35.6 Å². The first-order valence-electron chi connectivity index (χ1n) is 3.10. The maximum atomic E-state index is 10.0. The Balaban J connectivity index is 0. The zero-order chi connectivity index (χ0) is 11.8. The van der Waals surface area contributed by atoms with Crippen molar-refractivity contribution in [1.82, 2.24) is 0 Å². The smallest absolute Gasteiger partial charge is 0.270 e. The van der Waals surface area contributed by atoms with E-state index in [0.717, 1.165) is 12.5 Å². The van der Waals surface area contributed by atoms with Gasteiger partial charge in [-0.15, -0.1) is 11.6 Å². The van der Waals surface area contributed by atoms with E-state index in [0.29, 0.717) is 0 Å². The Labute approximate surface area is 93.2 Å². The van der Waals surface area contributed by atoms with Gasteiger partial charge in [-0.1, -0.05) is 6.58 Å². The summed E-state index contributed by atoms with van der Waals surface area (Å²) in [6.07, 6.45) is 0. The van der Waals surface area contributed by atoms with Crippen molar-refractivity contribution in [2.45, 2.75) is 0 Å². The fourth-order valence-electron chi connectivity index (χ4n) is 0.160. The van der Waals surface area contributed by atoms with E-state index in [1.54, 1.807) is 0 Å². The van der Waals surface area contributed by atoms with Crippen LogP contribution in [0.5, 0.6) is 0 Å². The van der Waals surface area contributed by atoms with Gasteiger partial charge in [0.1, 0.15) is 0 Å². The highest BCUT2D eigenvalue weighted by molar-refractivity contribution is 8.13. The predicted molar refractivity (Wildman–Crippen MR) is 56.5 cm³/mol. The molecule has 5 nitrogen and oxygen atoms in total. The Morgan fingerprint density at radius 3 is 1.79 bits per heavy atom. The van der Waals surface area contributed by atoms with E-state index in [1.165, 1.54) is 0 Å². The molecule has 0 unspecified atom stereocenters. The maximum Gasteiger partial charge on any atom is 0.289 e. The van der Waals surface area contributed by atoms with Crippen molar-refractivity contribution < 1.29 is 21.0 Å². The second-order valence-corrected chi connectivity index (χ2v) is 6.68. The quantitative estimate of drug-likeness (QED) is 0.435. The van der Waals surface area contributed by atoms with Crippen LogP contribution in [0.4, 0.5) is 0 Å². The average Bonchev–Trinajstić information content (AvgIpc) is 2.04. The fraction of sp³-hybridized carbons (Fsp3) is 0.600. The van der Waals surface area contributed by atoms with E-state index in [9.17, 15) is 16.8 Å². The van der Waals surface area contributed by atoms with Crippen LogP contribution >= 0.6 is 22.3 Å². The second kappa shape index (κ2) is 7.47. The first kappa shape index (κ1) is 16.6. The van der Waals surface area contributed by atoms with Crippen molar-refractivity contribution >= 4 is 41.5 Å². The number of halogens is 2. The Hall–Kier alpha value is 0.180. The Morgan fingerprint density at radius 2 is 1.79 bits per heavy atom. The molecule has 0 atom stereocenters. The number of alkyl halides is 1. The van der Waals surface area contributed by atoms with Gasteiger partial charge in [0.15, 0.2) is 0 Å². The summed E-state index contributed by atoms with van der Waals surface area (Å²) < 4.78 is 43.8. The summed E-state index contributed by atoms with van der Waals surface area (Å²) in [5.74, 6) is -0.0953. The van der Waals surface area contributed by atoms with E-state index < -0.39 is 19.2 Å². The SMILES string of the molecule is C=CS(=O)(=O)OC.O=S(=O)(Cl)CCCl. The topological polar surface area (TPSA) is 77.5 Å². The van der Waals surface area contributed by atoms with Crippen LogP contribution in [0.2, 0.25) is 0 Å². The lowest BCUT2D eigenvalue weighted by atomic mass is 11.0. The largest absolute Gasteiger partial charge is 0.289 e. The molecule has 0 aliphatic carbocycles. The second-order valence-electron chi connectivity index (χ2n) is 1.76. The van der Waals surface area contributed by atoms with Gasteiger partial charge in [0.25, 0.3) is 10.1 Å². The van der Waals surface area contributed by atoms with Gasteiger partial charge in [-0.2, -0.15) is 8.42 Å². The van der Waals surface area contributed by atoms with E-state index >= 15 is 0 Å². The van der Waals surface area contributed by atoms with Gasteiger partial charge in [0, 0.05) is 16.6 Å². The van der Waals surface area contributed by atoms with Crippen molar-refractivity contribution in [2.75, 3.05) is 18.7 Å². The highest BCUT2D eigenvalue weighted by atomic mass is 35.7. The Morgan fingerprint density at radius 1 is 1.36 bits per heavy atom. The molecule has 0 N–H and O–H groups in total. The van der Waals surface area contributed by atoms with Gasteiger partial charge in [0.05, 0.1) is 18.3 Å². The van der Waals surface area contributed by atoms with E-state index in [4.69, 9.17) is 22.3 Å². The summed E-state index contributed by atoms with van der Waals surface area (Å²) >= 11 is 5.02. The third kappa shape index (κ3) is 14.7. The number of hydrogen-bond donors (Lipinski definition) is 0. The molecule has 0 amide bonds. The third-order valence-corrected chi connectivity index (χ3v) is 3.20. The predicted octanol–water partition coefficient (Wildman–Crippen LogP) is 0.900. The molecule has 0 aliphatic heterocycles. The molecule has 0 bridgehead atoms. The van der Waals surface area contributed by atoms with Crippen molar-refractivity contribution in [2.24, 2.45) is 0 Å². The minimum Gasteiger partial charge on any atom is -0.270 e. The van der Waals surface area contributed by atoms with Crippen molar-refractivity contribution in [3.8, 4) is 0 Å². The molecule has 0 rings (SSSR count). The summed E-state index contributed by atoms with van der Waals surface area (Å²) in [6, 6.07) is 0. The molecule has 0 heterocycles. The van der Waals surface area contributed by atoms with Gasteiger partial charge in [-0.3, -0.25) is 4.18 Å². The normalized spacial score (nSPS) is 11.4. The fourth-order valence-corrected chi connectivity index (χ4v) is 1.56. The molecule has 0 aromatic heterocycles.